The molecular formula is C9H6ClN5O2. The Morgan fingerprint density at radius 1 is 1.24 bits per heavy atom. The van der Waals surface area contributed by atoms with E-state index in [0.717, 1.165) is 0 Å². The molecule has 17 heavy (non-hydrogen) atoms. The molecule has 0 atom stereocenters. The highest BCUT2D eigenvalue weighted by molar-refractivity contribution is 6.30. The van der Waals surface area contributed by atoms with Crippen LogP contribution in [0.4, 0.5) is 5.69 Å². The molecule has 1 aromatic heterocycles. The third-order valence-electron chi connectivity index (χ3n) is 1.98. The Bertz CT molecular complexity index is 572. The molecule has 0 amide bonds. The van der Waals surface area contributed by atoms with Gasteiger partial charge in [0.05, 0.1) is 4.92 Å². The van der Waals surface area contributed by atoms with E-state index in [1.165, 1.54) is 18.2 Å². The number of nitrogens with zero attached hydrogens (tertiary/aromatic N) is 5. The zero-order valence-electron chi connectivity index (χ0n) is 8.66. The summed E-state index contributed by atoms with van der Waals surface area (Å²) in [6, 6.07) is 4.22. The number of halogens is 1. The Hall–Kier alpha value is -2.15. The molecule has 86 valence electrons. The Morgan fingerprint density at radius 2 is 1.88 bits per heavy atom. The second-order valence-corrected chi connectivity index (χ2v) is 3.63. The van der Waals surface area contributed by atoms with Gasteiger partial charge in [-0.3, -0.25) is 10.1 Å². The molecule has 0 fully saturated rings. The summed E-state index contributed by atoms with van der Waals surface area (Å²) in [5.74, 6) is 0.490. The van der Waals surface area contributed by atoms with E-state index in [4.69, 9.17) is 11.6 Å². The van der Waals surface area contributed by atoms with Crippen molar-refractivity contribution < 1.29 is 4.92 Å². The van der Waals surface area contributed by atoms with Crippen LogP contribution in [0.2, 0.25) is 5.02 Å². The van der Waals surface area contributed by atoms with Crippen molar-refractivity contribution in [2.75, 3.05) is 0 Å². The highest BCUT2D eigenvalue weighted by Crippen LogP contribution is 2.29. The lowest BCUT2D eigenvalue weighted by Crippen LogP contribution is -2.01. The van der Waals surface area contributed by atoms with E-state index < -0.39 is 4.92 Å². The van der Waals surface area contributed by atoms with Gasteiger partial charge in [0.25, 0.3) is 5.69 Å². The molecule has 1 heterocycles. The maximum absolute atomic E-state index is 10.9. The molecule has 0 aliphatic rings. The van der Waals surface area contributed by atoms with Crippen LogP contribution < -0.4 is 0 Å². The average Bonchev–Trinajstić information content (AvgIpc) is 2.30. The predicted molar refractivity (Wildman–Crippen MR) is 59.5 cm³/mol. The molecule has 0 radical (unpaired) electrons. The van der Waals surface area contributed by atoms with Crippen molar-refractivity contribution in [2.24, 2.45) is 0 Å². The highest BCUT2D eigenvalue weighted by atomic mass is 35.5. The number of nitro benzene ring substituents is 1. The van der Waals surface area contributed by atoms with Gasteiger partial charge in [0, 0.05) is 11.1 Å². The molecule has 0 saturated carbocycles. The van der Waals surface area contributed by atoms with Crippen LogP contribution in [0.1, 0.15) is 5.82 Å². The van der Waals surface area contributed by atoms with Gasteiger partial charge in [-0.1, -0.05) is 11.6 Å². The van der Waals surface area contributed by atoms with Crippen LogP contribution >= 0.6 is 11.6 Å². The van der Waals surface area contributed by atoms with Crippen molar-refractivity contribution in [1.82, 2.24) is 20.4 Å². The normalized spacial score (nSPS) is 10.2. The fourth-order valence-electron chi connectivity index (χ4n) is 1.23. The first-order valence-electron chi connectivity index (χ1n) is 4.56. The van der Waals surface area contributed by atoms with Crippen molar-refractivity contribution in [1.29, 1.82) is 0 Å². The maximum atomic E-state index is 10.9. The molecule has 0 bridgehead atoms. The van der Waals surface area contributed by atoms with Gasteiger partial charge in [-0.2, -0.15) is 0 Å². The monoisotopic (exact) mass is 251 g/mol. The average molecular weight is 252 g/mol. The zero-order chi connectivity index (χ0) is 12.4. The van der Waals surface area contributed by atoms with E-state index in [9.17, 15) is 10.1 Å². The molecule has 8 heteroatoms. The summed E-state index contributed by atoms with van der Waals surface area (Å²) in [5.41, 5.74) is 0.0596. The summed E-state index contributed by atoms with van der Waals surface area (Å²) in [6.45, 7) is 1.63. The van der Waals surface area contributed by atoms with Gasteiger partial charge in [0.15, 0.2) is 5.82 Å². The number of hydrogen-bond donors (Lipinski definition) is 0. The summed E-state index contributed by atoms with van der Waals surface area (Å²) in [7, 11) is 0. The largest absolute Gasteiger partial charge is 0.282 e. The summed E-state index contributed by atoms with van der Waals surface area (Å²) in [6.07, 6.45) is 0. The molecule has 0 aliphatic carbocycles. The van der Waals surface area contributed by atoms with Crippen LogP contribution in [-0.4, -0.2) is 25.3 Å². The Kier molecular flexibility index (Phi) is 2.92. The van der Waals surface area contributed by atoms with Crippen LogP contribution in [0.15, 0.2) is 18.2 Å². The Balaban J connectivity index is 2.58. The first-order valence-corrected chi connectivity index (χ1v) is 4.94. The topological polar surface area (TPSA) is 94.7 Å². The minimum atomic E-state index is -0.551. The number of nitro groups is 1. The lowest BCUT2D eigenvalue weighted by molar-refractivity contribution is -0.384. The van der Waals surface area contributed by atoms with Gasteiger partial charge in [0.1, 0.15) is 5.56 Å². The Morgan fingerprint density at radius 3 is 2.47 bits per heavy atom. The molecule has 0 spiro atoms. The van der Waals surface area contributed by atoms with E-state index in [0.29, 0.717) is 5.82 Å². The number of benzene rings is 1. The molecule has 1 aromatic carbocycles. The van der Waals surface area contributed by atoms with Gasteiger partial charge < -0.3 is 0 Å². The van der Waals surface area contributed by atoms with Crippen LogP contribution in [0, 0.1) is 17.0 Å². The maximum Gasteiger partial charge on any atom is 0.282 e. The molecule has 0 unspecified atom stereocenters. The zero-order valence-corrected chi connectivity index (χ0v) is 9.42. The van der Waals surface area contributed by atoms with E-state index in [1.54, 1.807) is 6.92 Å². The van der Waals surface area contributed by atoms with Crippen molar-refractivity contribution >= 4 is 17.3 Å². The van der Waals surface area contributed by atoms with Gasteiger partial charge in [-0.25, -0.2) is 0 Å². The first-order chi connectivity index (χ1) is 8.08. The van der Waals surface area contributed by atoms with E-state index in [2.05, 4.69) is 20.4 Å². The number of aromatic nitrogens is 4. The quantitative estimate of drug-likeness (QED) is 0.597. The smallest absolute Gasteiger partial charge is 0.258 e. The van der Waals surface area contributed by atoms with Crippen LogP contribution in [0.5, 0.6) is 0 Å². The fraction of sp³-hybridized carbons (Fsp3) is 0.111. The molecule has 2 rings (SSSR count). The molecule has 0 saturated heterocycles. The first kappa shape index (κ1) is 11.3. The number of hydrogen-bond acceptors (Lipinski definition) is 6. The van der Waals surface area contributed by atoms with Crippen LogP contribution in [0.25, 0.3) is 11.4 Å². The third kappa shape index (κ3) is 2.34. The Labute approximate surface area is 101 Å². The van der Waals surface area contributed by atoms with E-state index >= 15 is 0 Å². The van der Waals surface area contributed by atoms with Gasteiger partial charge in [0.2, 0.25) is 5.82 Å². The second kappa shape index (κ2) is 4.38. The highest BCUT2D eigenvalue weighted by Gasteiger charge is 2.18. The molecule has 7 nitrogen and oxygen atoms in total. The standard InChI is InChI=1S/C9H6ClN5O2/c1-5-11-13-9(14-12-5)7-3-2-6(10)4-8(7)15(16)17/h2-4H,1H3. The van der Waals surface area contributed by atoms with Crippen molar-refractivity contribution in [3.63, 3.8) is 0 Å². The number of rotatable bonds is 2. The van der Waals surface area contributed by atoms with Crippen molar-refractivity contribution in [2.45, 2.75) is 6.92 Å². The van der Waals surface area contributed by atoms with Gasteiger partial charge in [-0.15, -0.1) is 20.4 Å². The van der Waals surface area contributed by atoms with E-state index in [1.807, 2.05) is 0 Å². The lowest BCUT2D eigenvalue weighted by Gasteiger charge is -2.00. The summed E-state index contributed by atoms with van der Waals surface area (Å²) in [4.78, 5) is 10.3. The molecule has 0 N–H and O–H groups in total. The number of aryl methyl sites for hydroxylation is 1. The SMILES string of the molecule is Cc1nnc(-c2ccc(Cl)cc2[N+](=O)[O-])nn1. The minimum Gasteiger partial charge on any atom is -0.258 e. The fourth-order valence-corrected chi connectivity index (χ4v) is 1.40. The van der Waals surface area contributed by atoms with E-state index in [-0.39, 0.29) is 22.1 Å². The van der Waals surface area contributed by atoms with Gasteiger partial charge in [-0.05, 0) is 19.1 Å². The van der Waals surface area contributed by atoms with Gasteiger partial charge >= 0.3 is 0 Å². The molecule has 2 aromatic rings. The molecule has 0 aliphatic heterocycles. The summed E-state index contributed by atoms with van der Waals surface area (Å²) in [5, 5.41) is 26.0. The third-order valence-corrected chi connectivity index (χ3v) is 2.21. The van der Waals surface area contributed by atoms with Crippen molar-refractivity contribution in [3.8, 4) is 11.4 Å². The summed E-state index contributed by atoms with van der Waals surface area (Å²) < 4.78 is 0. The van der Waals surface area contributed by atoms with Crippen LogP contribution in [-0.2, 0) is 0 Å². The molecular weight excluding hydrogens is 246 g/mol. The van der Waals surface area contributed by atoms with Crippen molar-refractivity contribution in [3.05, 3.63) is 39.2 Å². The lowest BCUT2D eigenvalue weighted by atomic mass is 10.2. The minimum absolute atomic E-state index is 0.0963. The predicted octanol–water partition coefficient (Wildman–Crippen LogP) is 1.80. The second-order valence-electron chi connectivity index (χ2n) is 3.19. The van der Waals surface area contributed by atoms with Crippen LogP contribution in [0.3, 0.4) is 0 Å². The summed E-state index contributed by atoms with van der Waals surface area (Å²) >= 11 is 5.70.